The first-order valence-electron chi connectivity index (χ1n) is 11.8. The van der Waals surface area contributed by atoms with Gasteiger partial charge < -0.3 is 14.0 Å². The molecule has 0 atom stereocenters. The summed E-state index contributed by atoms with van der Waals surface area (Å²) >= 11 is 3.53. The van der Waals surface area contributed by atoms with Crippen molar-refractivity contribution < 1.29 is 18.7 Å². The zero-order valence-corrected chi connectivity index (χ0v) is 22.4. The summed E-state index contributed by atoms with van der Waals surface area (Å²) < 4.78 is 27.6. The number of aromatic nitrogens is 1. The summed E-state index contributed by atoms with van der Waals surface area (Å²) in [6.45, 7) is 6.63. The Morgan fingerprint density at radius 1 is 1.00 bits per heavy atom. The van der Waals surface area contributed by atoms with E-state index >= 15 is 0 Å². The Kier molecular flexibility index (Phi) is 8.40. The number of nitrogens with one attached hydrogen (secondary N) is 1. The van der Waals surface area contributed by atoms with E-state index < -0.39 is 0 Å². The van der Waals surface area contributed by atoms with Crippen molar-refractivity contribution in [2.45, 2.75) is 27.4 Å². The molecule has 1 amide bonds. The van der Waals surface area contributed by atoms with Crippen molar-refractivity contribution in [1.82, 2.24) is 9.99 Å². The van der Waals surface area contributed by atoms with Gasteiger partial charge >= 0.3 is 0 Å². The van der Waals surface area contributed by atoms with Crippen molar-refractivity contribution in [3.8, 4) is 17.2 Å². The van der Waals surface area contributed by atoms with Gasteiger partial charge in [0.1, 0.15) is 12.4 Å². The number of carbonyl (C=O) groups excluding carboxylic acids is 1. The Morgan fingerprint density at radius 3 is 2.41 bits per heavy atom. The number of rotatable bonds is 9. The lowest BCUT2D eigenvalue weighted by molar-refractivity contribution is 0.0955. The van der Waals surface area contributed by atoms with Gasteiger partial charge in [-0.05, 0) is 96.9 Å². The fourth-order valence-electron chi connectivity index (χ4n) is 3.86. The molecular weight excluding hydrogens is 537 g/mol. The first-order chi connectivity index (χ1) is 17.9. The van der Waals surface area contributed by atoms with E-state index in [1.54, 1.807) is 36.5 Å². The van der Waals surface area contributed by atoms with Gasteiger partial charge in [0.15, 0.2) is 11.5 Å². The number of hydrogen-bond donors (Lipinski definition) is 1. The number of benzene rings is 3. The molecule has 0 radical (unpaired) electrons. The average molecular weight is 564 g/mol. The van der Waals surface area contributed by atoms with Gasteiger partial charge in [0, 0.05) is 32.7 Å². The fraction of sp³-hybridized carbons (Fsp3) is 0.172. The second-order valence-corrected chi connectivity index (χ2v) is 9.22. The van der Waals surface area contributed by atoms with Crippen LogP contribution in [0.3, 0.4) is 0 Å². The Bertz CT molecular complexity index is 1410. The van der Waals surface area contributed by atoms with Gasteiger partial charge in [-0.1, -0.05) is 18.2 Å². The van der Waals surface area contributed by atoms with Gasteiger partial charge in [-0.25, -0.2) is 9.82 Å². The van der Waals surface area contributed by atoms with Crippen LogP contribution in [0.15, 0.2) is 82.4 Å². The summed E-state index contributed by atoms with van der Waals surface area (Å²) in [5.41, 5.74) is 7.72. The highest BCUT2D eigenvalue weighted by atomic mass is 79.9. The van der Waals surface area contributed by atoms with Crippen LogP contribution >= 0.6 is 15.9 Å². The third-order valence-electron chi connectivity index (χ3n) is 5.68. The molecule has 0 saturated heterocycles. The van der Waals surface area contributed by atoms with Crippen LogP contribution < -0.4 is 14.9 Å². The highest BCUT2D eigenvalue weighted by Gasteiger charge is 2.12. The normalized spacial score (nSPS) is 11.1. The van der Waals surface area contributed by atoms with E-state index in [0.717, 1.165) is 22.6 Å². The molecule has 6 nitrogen and oxygen atoms in total. The van der Waals surface area contributed by atoms with Crippen LogP contribution in [0.4, 0.5) is 4.39 Å². The number of nitrogens with zero attached hydrogens (tertiary/aromatic N) is 2. The van der Waals surface area contributed by atoms with Crippen LogP contribution in [0.2, 0.25) is 0 Å². The number of amides is 1. The van der Waals surface area contributed by atoms with E-state index in [0.29, 0.717) is 33.7 Å². The molecule has 0 bridgehead atoms. The number of aryl methyl sites for hydroxylation is 2. The zero-order valence-electron chi connectivity index (χ0n) is 20.8. The Hall–Kier alpha value is -3.91. The van der Waals surface area contributed by atoms with Gasteiger partial charge in [-0.15, -0.1) is 0 Å². The quantitative estimate of drug-likeness (QED) is 0.181. The summed E-state index contributed by atoms with van der Waals surface area (Å²) in [5.74, 6) is 0.453. The minimum absolute atomic E-state index is 0.261. The minimum Gasteiger partial charge on any atom is -0.490 e. The van der Waals surface area contributed by atoms with Crippen molar-refractivity contribution >= 4 is 28.1 Å². The molecular formula is C29H27BrFN3O3. The second-order valence-electron chi connectivity index (χ2n) is 8.37. The molecule has 8 heteroatoms. The molecule has 0 unspecified atom stereocenters. The molecule has 1 heterocycles. The van der Waals surface area contributed by atoms with E-state index in [2.05, 4.69) is 31.0 Å². The predicted molar refractivity (Wildman–Crippen MR) is 146 cm³/mol. The number of carbonyl (C=O) groups is 1. The number of hydrogen-bond acceptors (Lipinski definition) is 4. The summed E-state index contributed by atoms with van der Waals surface area (Å²) in [7, 11) is 0. The lowest BCUT2D eigenvalue weighted by Crippen LogP contribution is -2.18. The molecule has 0 aliphatic carbocycles. The predicted octanol–water partition coefficient (Wildman–Crippen LogP) is 6.74. The molecule has 37 heavy (non-hydrogen) atoms. The molecule has 0 aliphatic rings. The third-order valence-corrected chi connectivity index (χ3v) is 6.36. The molecule has 0 saturated carbocycles. The van der Waals surface area contributed by atoms with Gasteiger partial charge in [0.05, 0.1) is 12.8 Å². The van der Waals surface area contributed by atoms with Crippen LogP contribution in [0, 0.1) is 19.7 Å². The summed E-state index contributed by atoms with van der Waals surface area (Å²) in [6, 6.07) is 21.2. The lowest BCUT2D eigenvalue weighted by atomic mass is 10.2. The molecule has 4 rings (SSSR count). The molecule has 4 aromatic rings. The van der Waals surface area contributed by atoms with E-state index in [9.17, 15) is 9.18 Å². The van der Waals surface area contributed by atoms with Crippen molar-refractivity contribution in [3.63, 3.8) is 0 Å². The molecule has 3 aromatic carbocycles. The van der Waals surface area contributed by atoms with Crippen molar-refractivity contribution in [2.75, 3.05) is 6.61 Å². The van der Waals surface area contributed by atoms with E-state index in [4.69, 9.17) is 9.47 Å². The highest BCUT2D eigenvalue weighted by Crippen LogP contribution is 2.34. The standard InChI is InChI=1S/C29H27BrFN3O3/c1-4-36-27-15-23(26(30)16-28(27)37-18-21-10-12-24(31)13-11-21)17-32-33-29(35)22-6-5-7-25(14-22)34-19(2)8-9-20(34)3/h5-17H,4,18H2,1-3H3,(H,33,35)/b32-17-. The van der Waals surface area contributed by atoms with Gasteiger partial charge in [0.2, 0.25) is 0 Å². The summed E-state index contributed by atoms with van der Waals surface area (Å²) in [5, 5.41) is 4.15. The van der Waals surface area contributed by atoms with Crippen LogP contribution in [-0.2, 0) is 6.61 Å². The van der Waals surface area contributed by atoms with Crippen molar-refractivity contribution in [1.29, 1.82) is 0 Å². The Morgan fingerprint density at radius 2 is 1.70 bits per heavy atom. The smallest absolute Gasteiger partial charge is 0.271 e. The topological polar surface area (TPSA) is 64.8 Å². The maximum atomic E-state index is 13.2. The monoisotopic (exact) mass is 563 g/mol. The van der Waals surface area contributed by atoms with E-state index in [1.807, 2.05) is 51.1 Å². The number of halogens is 2. The molecule has 0 spiro atoms. The summed E-state index contributed by atoms with van der Waals surface area (Å²) in [4.78, 5) is 12.8. The second kappa shape index (κ2) is 11.9. The maximum Gasteiger partial charge on any atom is 0.271 e. The molecule has 1 N–H and O–H groups in total. The largest absolute Gasteiger partial charge is 0.490 e. The van der Waals surface area contributed by atoms with Crippen LogP contribution in [-0.4, -0.2) is 23.3 Å². The van der Waals surface area contributed by atoms with Crippen LogP contribution in [0.5, 0.6) is 11.5 Å². The highest BCUT2D eigenvalue weighted by molar-refractivity contribution is 9.10. The average Bonchev–Trinajstić information content (AvgIpc) is 3.23. The summed E-state index contributed by atoms with van der Waals surface area (Å²) in [6.07, 6.45) is 1.54. The number of ether oxygens (including phenoxy) is 2. The number of hydrazone groups is 1. The SMILES string of the molecule is CCOc1cc(/C=N\NC(=O)c2cccc(-n3c(C)ccc3C)c2)c(Br)cc1OCc1ccc(F)cc1. The fourth-order valence-corrected chi connectivity index (χ4v) is 4.28. The lowest BCUT2D eigenvalue weighted by Gasteiger charge is -2.14. The Labute approximate surface area is 223 Å². The molecule has 190 valence electrons. The Balaban J connectivity index is 1.46. The molecule has 0 fully saturated rings. The van der Waals surface area contributed by atoms with Crippen molar-refractivity contribution in [2.24, 2.45) is 5.10 Å². The van der Waals surface area contributed by atoms with Crippen LogP contribution in [0.1, 0.15) is 39.8 Å². The first kappa shape index (κ1) is 26.2. The first-order valence-corrected chi connectivity index (χ1v) is 12.6. The molecule has 1 aromatic heterocycles. The minimum atomic E-state index is -0.319. The van der Waals surface area contributed by atoms with Crippen LogP contribution in [0.25, 0.3) is 5.69 Å². The molecule has 0 aliphatic heterocycles. The van der Waals surface area contributed by atoms with Crippen molar-refractivity contribution in [3.05, 3.63) is 111 Å². The van der Waals surface area contributed by atoms with Gasteiger partial charge in [0.25, 0.3) is 5.91 Å². The van der Waals surface area contributed by atoms with Gasteiger partial charge in [-0.3, -0.25) is 4.79 Å². The maximum absolute atomic E-state index is 13.2. The zero-order chi connectivity index (χ0) is 26.4. The van der Waals surface area contributed by atoms with E-state index in [1.165, 1.54) is 12.1 Å². The van der Waals surface area contributed by atoms with E-state index in [-0.39, 0.29) is 18.3 Å². The third kappa shape index (κ3) is 6.46. The van der Waals surface area contributed by atoms with Gasteiger partial charge in [-0.2, -0.15) is 5.10 Å².